The molecule has 0 aliphatic carbocycles. The predicted octanol–water partition coefficient (Wildman–Crippen LogP) is 2.57. The molecule has 1 aliphatic rings. The van der Waals surface area contributed by atoms with Gasteiger partial charge in [-0.2, -0.15) is 13.2 Å². The largest absolute Gasteiger partial charge is 0.418 e. The van der Waals surface area contributed by atoms with E-state index >= 15 is 0 Å². The Kier molecular flexibility index (Phi) is 5.31. The lowest BCUT2D eigenvalue weighted by atomic mass is 10.0. The molecule has 0 radical (unpaired) electrons. The Labute approximate surface area is 153 Å². The fourth-order valence-corrected chi connectivity index (χ4v) is 2.81. The number of halogens is 3. The van der Waals surface area contributed by atoms with Crippen LogP contribution in [0.4, 0.5) is 18.9 Å². The van der Waals surface area contributed by atoms with Gasteiger partial charge in [0, 0.05) is 12.5 Å². The Bertz CT molecular complexity index is 838. The molecule has 1 amide bonds. The highest BCUT2D eigenvalue weighted by Crippen LogP contribution is 2.34. The Balaban J connectivity index is 1.75. The zero-order valence-corrected chi connectivity index (χ0v) is 14.1. The molecule has 1 heterocycles. The number of para-hydroxylation sites is 1. The second-order valence-electron chi connectivity index (χ2n) is 5.99. The zero-order chi connectivity index (χ0) is 19.4. The Morgan fingerprint density at radius 1 is 1.11 bits per heavy atom. The lowest BCUT2D eigenvalue weighted by Gasteiger charge is -2.29. The predicted molar refractivity (Wildman–Crippen MR) is 95.6 cm³/mol. The third-order valence-electron chi connectivity index (χ3n) is 4.01. The van der Waals surface area contributed by atoms with E-state index in [1.165, 1.54) is 18.2 Å². The van der Waals surface area contributed by atoms with Crippen LogP contribution in [0.15, 0.2) is 59.6 Å². The summed E-state index contributed by atoms with van der Waals surface area (Å²) in [5.74, 6) is -0.488. The number of hydrogen-bond acceptors (Lipinski definition) is 3. The number of amides is 1. The van der Waals surface area contributed by atoms with Crippen LogP contribution in [-0.2, 0) is 11.0 Å². The number of rotatable bonds is 3. The first kappa shape index (κ1) is 18.7. The molecular formula is C18H18F3N5O. The first-order valence-corrected chi connectivity index (χ1v) is 8.20. The van der Waals surface area contributed by atoms with Crippen LogP contribution < -0.4 is 21.7 Å². The fraction of sp³-hybridized carbons (Fsp3) is 0.222. The number of aliphatic imine (C=N–C) groups is 1. The van der Waals surface area contributed by atoms with E-state index in [1.807, 2.05) is 30.3 Å². The van der Waals surface area contributed by atoms with Gasteiger partial charge in [0.05, 0.1) is 11.3 Å². The van der Waals surface area contributed by atoms with Gasteiger partial charge in [-0.15, -0.1) is 0 Å². The quantitative estimate of drug-likeness (QED) is 0.489. The van der Waals surface area contributed by atoms with Crippen molar-refractivity contribution in [3.63, 3.8) is 0 Å². The number of benzene rings is 2. The van der Waals surface area contributed by atoms with Gasteiger partial charge in [0.2, 0.25) is 5.91 Å². The van der Waals surface area contributed by atoms with E-state index < -0.39 is 18.0 Å². The molecule has 0 saturated carbocycles. The van der Waals surface area contributed by atoms with Crippen molar-refractivity contribution in [3.05, 3.63) is 65.7 Å². The Morgan fingerprint density at radius 2 is 1.78 bits per heavy atom. The van der Waals surface area contributed by atoms with Crippen molar-refractivity contribution in [2.24, 2.45) is 10.7 Å². The maximum Gasteiger partial charge on any atom is 0.418 e. The van der Waals surface area contributed by atoms with Gasteiger partial charge >= 0.3 is 6.18 Å². The van der Waals surface area contributed by atoms with Gasteiger partial charge in [0.25, 0.3) is 0 Å². The smallest absolute Gasteiger partial charge is 0.370 e. The normalized spacial score (nSPS) is 20.9. The Hall–Kier alpha value is -3.07. The maximum absolute atomic E-state index is 13.1. The average molecular weight is 377 g/mol. The van der Waals surface area contributed by atoms with Crippen LogP contribution >= 0.6 is 0 Å². The molecule has 1 saturated heterocycles. The molecule has 142 valence electrons. The van der Waals surface area contributed by atoms with E-state index in [9.17, 15) is 18.0 Å². The van der Waals surface area contributed by atoms with E-state index in [-0.39, 0.29) is 30.0 Å². The molecule has 2 unspecified atom stereocenters. The first-order valence-electron chi connectivity index (χ1n) is 8.20. The summed E-state index contributed by atoms with van der Waals surface area (Å²) >= 11 is 0. The van der Waals surface area contributed by atoms with Crippen molar-refractivity contribution in [2.75, 3.05) is 5.32 Å². The van der Waals surface area contributed by atoms with Crippen LogP contribution in [0, 0.1) is 0 Å². The van der Waals surface area contributed by atoms with Gasteiger partial charge in [-0.1, -0.05) is 42.5 Å². The molecule has 3 rings (SSSR count). The summed E-state index contributed by atoms with van der Waals surface area (Å²) < 4.78 is 39.2. The number of anilines is 1. The number of hydrogen-bond donors (Lipinski definition) is 4. The third-order valence-corrected chi connectivity index (χ3v) is 4.01. The first-order chi connectivity index (χ1) is 12.8. The number of carbonyl (C=O) groups excluding carboxylic acids is 1. The molecule has 0 bridgehead atoms. The van der Waals surface area contributed by atoms with Crippen LogP contribution in [0.5, 0.6) is 0 Å². The number of alkyl halides is 3. The lowest BCUT2D eigenvalue weighted by Crippen LogP contribution is -2.52. The molecule has 2 atom stereocenters. The zero-order valence-electron chi connectivity index (χ0n) is 14.1. The van der Waals surface area contributed by atoms with Crippen molar-refractivity contribution < 1.29 is 18.0 Å². The number of nitrogens with one attached hydrogen (secondary N) is 3. The van der Waals surface area contributed by atoms with Crippen LogP contribution in [0.25, 0.3) is 0 Å². The fourth-order valence-electron chi connectivity index (χ4n) is 2.81. The maximum atomic E-state index is 13.1. The molecule has 1 aliphatic heterocycles. The van der Waals surface area contributed by atoms with E-state index in [4.69, 9.17) is 5.73 Å². The highest BCUT2D eigenvalue weighted by atomic mass is 19.4. The number of carbonyl (C=O) groups is 1. The minimum atomic E-state index is -4.53. The monoisotopic (exact) mass is 377 g/mol. The average Bonchev–Trinajstić information content (AvgIpc) is 2.61. The van der Waals surface area contributed by atoms with Gasteiger partial charge in [-0.25, -0.2) is 4.99 Å². The summed E-state index contributed by atoms with van der Waals surface area (Å²) in [5, 5.41) is 8.15. The molecule has 2 aromatic carbocycles. The minimum Gasteiger partial charge on any atom is -0.370 e. The van der Waals surface area contributed by atoms with Crippen molar-refractivity contribution in [1.29, 1.82) is 0 Å². The highest BCUT2D eigenvalue weighted by molar-refractivity contribution is 5.93. The molecule has 27 heavy (non-hydrogen) atoms. The number of nitrogens with zero attached hydrogens (tertiary/aromatic N) is 1. The topological polar surface area (TPSA) is 91.5 Å². The molecule has 0 spiro atoms. The molecule has 6 nitrogen and oxygen atoms in total. The van der Waals surface area contributed by atoms with Crippen molar-refractivity contribution in [3.8, 4) is 0 Å². The summed E-state index contributed by atoms with van der Waals surface area (Å²) in [6, 6.07) is 14.0. The summed E-state index contributed by atoms with van der Waals surface area (Å²) in [7, 11) is 0. The van der Waals surface area contributed by atoms with Crippen molar-refractivity contribution in [2.45, 2.75) is 24.9 Å². The van der Waals surface area contributed by atoms with Gasteiger partial charge in [0.15, 0.2) is 12.2 Å². The summed E-state index contributed by atoms with van der Waals surface area (Å²) in [4.78, 5) is 16.0. The molecule has 1 fully saturated rings. The minimum absolute atomic E-state index is 0.215. The number of guanidine groups is 1. The van der Waals surface area contributed by atoms with Gasteiger partial charge < -0.3 is 16.4 Å². The molecular weight excluding hydrogens is 359 g/mol. The van der Waals surface area contributed by atoms with E-state index in [1.54, 1.807) is 0 Å². The van der Waals surface area contributed by atoms with E-state index in [2.05, 4.69) is 20.9 Å². The second kappa shape index (κ2) is 7.67. The van der Waals surface area contributed by atoms with Crippen LogP contribution in [0.1, 0.15) is 23.6 Å². The Morgan fingerprint density at radius 3 is 2.48 bits per heavy atom. The lowest BCUT2D eigenvalue weighted by molar-refractivity contribution is -0.137. The van der Waals surface area contributed by atoms with Crippen LogP contribution in [-0.4, -0.2) is 18.2 Å². The summed E-state index contributed by atoms with van der Waals surface area (Å²) in [6.07, 6.45) is -5.16. The van der Waals surface area contributed by atoms with E-state index in [0.717, 1.165) is 11.6 Å². The van der Waals surface area contributed by atoms with Gasteiger partial charge in [0.1, 0.15) is 0 Å². The SMILES string of the molecule is N/C(=N\C1NC(=O)CC(c2ccccc2)N1)Nc1ccccc1C(F)(F)F. The standard InChI is InChI=1S/C18H18F3N5O/c19-18(20,21)12-8-4-5-9-13(12)23-16(22)26-17-24-14(10-15(27)25-17)11-6-2-1-3-7-11/h1-9,14,17,24H,10H2,(H,25,27)(H3,22,23,26). The summed E-state index contributed by atoms with van der Waals surface area (Å²) in [6.45, 7) is 0. The highest BCUT2D eigenvalue weighted by Gasteiger charge is 2.33. The summed E-state index contributed by atoms with van der Waals surface area (Å²) in [5.41, 5.74) is 5.59. The van der Waals surface area contributed by atoms with E-state index in [0.29, 0.717) is 0 Å². The number of nitrogens with two attached hydrogens (primary N) is 1. The molecule has 9 heteroatoms. The van der Waals surface area contributed by atoms with Crippen LogP contribution in [0.3, 0.4) is 0 Å². The molecule has 5 N–H and O–H groups in total. The molecule has 2 aromatic rings. The van der Waals surface area contributed by atoms with Crippen molar-refractivity contribution in [1.82, 2.24) is 10.6 Å². The second-order valence-corrected chi connectivity index (χ2v) is 5.99. The van der Waals surface area contributed by atoms with Gasteiger partial charge in [-0.3, -0.25) is 10.1 Å². The third kappa shape index (κ3) is 4.76. The van der Waals surface area contributed by atoms with Crippen molar-refractivity contribution >= 4 is 17.6 Å². The molecule has 0 aromatic heterocycles. The van der Waals surface area contributed by atoms with Gasteiger partial charge in [-0.05, 0) is 17.7 Å². The van der Waals surface area contributed by atoms with Crippen LogP contribution in [0.2, 0.25) is 0 Å².